The number of alkyl halides is 3. The van der Waals surface area contributed by atoms with Crippen LogP contribution in [0.1, 0.15) is 72.5 Å². The zero-order valence-electron chi connectivity index (χ0n) is 23.2. The van der Waals surface area contributed by atoms with Gasteiger partial charge in [0, 0.05) is 23.5 Å². The molecule has 0 bridgehead atoms. The van der Waals surface area contributed by atoms with E-state index in [9.17, 15) is 22.8 Å². The van der Waals surface area contributed by atoms with Gasteiger partial charge in [0.25, 0.3) is 0 Å². The Kier molecular flexibility index (Phi) is 10.3. The van der Waals surface area contributed by atoms with Crippen LogP contribution in [0.4, 0.5) is 19.0 Å². The Bertz CT molecular complexity index is 1300. The average Bonchev–Trinajstić information content (AvgIpc) is 3.21. The Balaban J connectivity index is 1.79. The summed E-state index contributed by atoms with van der Waals surface area (Å²) >= 11 is 1.35. The third-order valence-corrected chi connectivity index (χ3v) is 7.27. The minimum absolute atomic E-state index is 0.00129. The van der Waals surface area contributed by atoms with Gasteiger partial charge in [-0.1, -0.05) is 71.0 Å². The van der Waals surface area contributed by atoms with E-state index >= 15 is 0 Å². The van der Waals surface area contributed by atoms with E-state index in [0.29, 0.717) is 47.4 Å². The van der Waals surface area contributed by atoms with Crippen molar-refractivity contribution in [3.63, 3.8) is 0 Å². The molecule has 7 nitrogen and oxygen atoms in total. The van der Waals surface area contributed by atoms with Crippen molar-refractivity contribution in [2.45, 2.75) is 79.3 Å². The molecule has 2 heterocycles. The molecule has 1 N–H and O–H groups in total. The highest BCUT2D eigenvalue weighted by Gasteiger charge is 2.39. The second-order valence-electron chi connectivity index (χ2n) is 10.9. The fourth-order valence-corrected chi connectivity index (χ4v) is 5.29. The molecule has 1 unspecified atom stereocenters. The minimum Gasteiger partial charge on any atom is -0.412 e. The lowest BCUT2D eigenvalue weighted by molar-refractivity contribution is -0.167. The zero-order chi connectivity index (χ0) is 28.8. The van der Waals surface area contributed by atoms with Crippen molar-refractivity contribution in [3.8, 4) is 0 Å². The molecule has 214 valence electrons. The number of carbonyl (C=O) groups excluding carboxylic acids is 2. The monoisotopic (exact) mass is 566 g/mol. The first-order chi connectivity index (χ1) is 18.3. The summed E-state index contributed by atoms with van der Waals surface area (Å²) in [6.45, 7) is 10.7. The number of para-hydroxylation sites is 1. The van der Waals surface area contributed by atoms with Crippen molar-refractivity contribution in [1.82, 2.24) is 14.7 Å². The van der Waals surface area contributed by atoms with Crippen molar-refractivity contribution in [2.75, 3.05) is 17.7 Å². The van der Waals surface area contributed by atoms with Crippen molar-refractivity contribution >= 4 is 50.5 Å². The zero-order valence-corrected chi connectivity index (χ0v) is 24.0. The topological polar surface area (TPSA) is 86.1 Å². The molecule has 0 aliphatic heterocycles. The van der Waals surface area contributed by atoms with E-state index < -0.39 is 12.1 Å². The van der Waals surface area contributed by atoms with Crippen molar-refractivity contribution < 1.29 is 27.6 Å². The van der Waals surface area contributed by atoms with E-state index in [1.54, 1.807) is 29.0 Å². The van der Waals surface area contributed by atoms with Crippen LogP contribution >= 0.6 is 11.8 Å². The molecule has 0 aliphatic rings. The first kappa shape index (κ1) is 30.7. The minimum atomic E-state index is -5.06. The summed E-state index contributed by atoms with van der Waals surface area (Å²) in [5.74, 6) is -1.14. The fraction of sp³-hybridized carbons (Fsp3) is 0.571. The second kappa shape index (κ2) is 13.0. The predicted octanol–water partition coefficient (Wildman–Crippen LogP) is 6.97. The maximum Gasteiger partial charge on any atom is 0.471 e. The summed E-state index contributed by atoms with van der Waals surface area (Å²) in [5, 5.41) is 2.74. The van der Waals surface area contributed by atoms with Crippen molar-refractivity contribution in [3.05, 3.63) is 30.1 Å². The third kappa shape index (κ3) is 8.33. The number of aryl methyl sites for hydroxylation is 1. The molecule has 0 aliphatic carbocycles. The maximum atomic E-state index is 13.0. The Morgan fingerprint density at radius 3 is 2.49 bits per heavy atom. The van der Waals surface area contributed by atoms with Crippen LogP contribution in [0.2, 0.25) is 0 Å². The van der Waals surface area contributed by atoms with Crippen LogP contribution in [0.25, 0.3) is 21.9 Å². The quantitative estimate of drug-likeness (QED) is 0.238. The number of rotatable bonds is 12. The van der Waals surface area contributed by atoms with Crippen LogP contribution in [0, 0.1) is 11.3 Å². The molecule has 3 rings (SSSR count). The van der Waals surface area contributed by atoms with Crippen molar-refractivity contribution in [2.24, 2.45) is 11.3 Å². The maximum absolute atomic E-state index is 13.0. The van der Waals surface area contributed by atoms with Gasteiger partial charge >= 0.3 is 12.1 Å². The lowest BCUT2D eigenvalue weighted by atomic mass is 9.86. The molecule has 11 heteroatoms. The van der Waals surface area contributed by atoms with E-state index in [2.05, 4.69) is 30.7 Å². The molecule has 1 amide bonds. The average molecular weight is 567 g/mol. The number of thioether (sulfide) groups is 1. The van der Waals surface area contributed by atoms with E-state index in [1.165, 1.54) is 11.8 Å². The number of nitrogens with zero attached hydrogens (tertiary/aromatic N) is 3. The highest BCUT2D eigenvalue weighted by atomic mass is 32.2. The van der Waals surface area contributed by atoms with Crippen LogP contribution in [0.15, 0.2) is 24.3 Å². The number of imidazole rings is 1. The molecule has 1 aromatic carbocycles. The molecule has 2 aromatic heterocycles. The number of pyridine rings is 1. The number of carbonyl (C=O) groups is 2. The molecule has 39 heavy (non-hydrogen) atoms. The Morgan fingerprint density at radius 1 is 1.10 bits per heavy atom. The molecule has 1 atom stereocenters. The van der Waals surface area contributed by atoms with Gasteiger partial charge in [-0.2, -0.15) is 17.9 Å². The number of aromatic nitrogens is 3. The smallest absolute Gasteiger partial charge is 0.412 e. The van der Waals surface area contributed by atoms with Gasteiger partial charge in [-0.25, -0.2) is 9.97 Å². The summed E-state index contributed by atoms with van der Waals surface area (Å²) in [7, 11) is 0. The standard InChI is InChI=1S/C28H37F3N4O3S/c1-6-7-14-21-33-22-23(19-12-8-9-13-20(19)32-24(22)34-26(37)28(29,30)31)35(21)38-15-10-11-16-39-25(36)18(2)17-27(3,4)5/h8-9,12-13,18H,6-7,10-11,14-17H2,1-5H3,(H,32,34,37). The van der Waals surface area contributed by atoms with Crippen LogP contribution in [0.3, 0.4) is 0 Å². The number of nitrogens with one attached hydrogen (secondary N) is 1. The van der Waals surface area contributed by atoms with E-state index in [-0.39, 0.29) is 27.8 Å². The number of amides is 1. The molecular formula is C28H37F3N4O3S. The summed E-state index contributed by atoms with van der Waals surface area (Å²) in [5.41, 5.74) is 1.12. The largest absolute Gasteiger partial charge is 0.471 e. The van der Waals surface area contributed by atoms with Gasteiger partial charge in [-0.15, -0.1) is 0 Å². The highest BCUT2D eigenvalue weighted by molar-refractivity contribution is 8.13. The Morgan fingerprint density at radius 2 is 1.82 bits per heavy atom. The fourth-order valence-electron chi connectivity index (χ4n) is 4.37. The first-order valence-electron chi connectivity index (χ1n) is 13.3. The molecule has 0 spiro atoms. The van der Waals surface area contributed by atoms with Gasteiger partial charge < -0.3 is 10.2 Å². The highest BCUT2D eigenvalue weighted by Crippen LogP contribution is 2.31. The van der Waals surface area contributed by atoms with E-state index in [0.717, 1.165) is 25.7 Å². The predicted molar refractivity (Wildman–Crippen MR) is 150 cm³/mol. The number of fused-ring (bicyclic) bond motifs is 3. The van der Waals surface area contributed by atoms with Gasteiger partial charge in [0.15, 0.2) is 10.9 Å². The number of halogens is 3. The number of hydrogen-bond acceptors (Lipinski definition) is 6. The summed E-state index contributed by atoms with van der Waals surface area (Å²) in [4.78, 5) is 39.2. The summed E-state index contributed by atoms with van der Waals surface area (Å²) < 4.78 is 40.6. The lowest BCUT2D eigenvalue weighted by Crippen LogP contribution is -2.30. The first-order valence-corrected chi connectivity index (χ1v) is 14.3. The van der Waals surface area contributed by atoms with Crippen LogP contribution in [0.5, 0.6) is 0 Å². The van der Waals surface area contributed by atoms with E-state index in [4.69, 9.17) is 4.84 Å². The van der Waals surface area contributed by atoms with Gasteiger partial charge in [-0.05, 0) is 37.2 Å². The summed E-state index contributed by atoms with van der Waals surface area (Å²) in [6, 6.07) is 6.98. The summed E-state index contributed by atoms with van der Waals surface area (Å²) in [6.07, 6.45) is -0.543. The lowest BCUT2D eigenvalue weighted by Gasteiger charge is -2.21. The second-order valence-corrected chi connectivity index (χ2v) is 12.0. The number of unbranched alkanes of at least 4 members (excludes halogenated alkanes) is 2. The normalized spacial score (nSPS) is 13.1. The molecular weight excluding hydrogens is 529 g/mol. The Hall–Kier alpha value is -2.82. The Labute approximate surface area is 231 Å². The van der Waals surface area contributed by atoms with Crippen LogP contribution < -0.4 is 10.2 Å². The van der Waals surface area contributed by atoms with Gasteiger partial charge in [0.1, 0.15) is 23.5 Å². The number of anilines is 1. The van der Waals surface area contributed by atoms with Crippen LogP contribution in [-0.4, -0.2) is 44.3 Å². The molecule has 0 fully saturated rings. The van der Waals surface area contributed by atoms with Gasteiger partial charge in [0.2, 0.25) is 0 Å². The molecule has 3 aromatic rings. The molecule has 0 saturated carbocycles. The number of hydrogen-bond donors (Lipinski definition) is 1. The van der Waals surface area contributed by atoms with Crippen LogP contribution in [-0.2, 0) is 16.0 Å². The number of benzene rings is 1. The van der Waals surface area contributed by atoms with Gasteiger partial charge in [0.05, 0.1) is 5.52 Å². The molecule has 0 radical (unpaired) electrons. The molecule has 0 saturated heterocycles. The van der Waals surface area contributed by atoms with Crippen molar-refractivity contribution in [1.29, 1.82) is 0 Å². The van der Waals surface area contributed by atoms with Gasteiger partial charge in [-0.3, -0.25) is 9.59 Å². The SMILES string of the molecule is CCCCc1nc2c(NC(=O)C(F)(F)F)nc3ccccc3c2n1OCCCCSC(=O)C(C)CC(C)(C)C. The third-order valence-electron chi connectivity index (χ3n) is 6.09. The van der Waals surface area contributed by atoms with E-state index in [1.807, 2.05) is 19.2 Å².